The standard InChI is InChI=1S/C19H21NO2/c1-14(19(22)20-2)12-18(21)13-15-8-10-17(11-9-15)16-6-4-3-5-7-16/h3-11,14H,12-13H2,1-2H3,(H,20,22)/t14-/m1/s1. The van der Waals surface area contributed by atoms with E-state index >= 15 is 0 Å². The molecule has 1 atom stereocenters. The van der Waals surface area contributed by atoms with Gasteiger partial charge in [0.2, 0.25) is 5.91 Å². The molecule has 0 saturated heterocycles. The van der Waals surface area contributed by atoms with Gasteiger partial charge in [-0.15, -0.1) is 0 Å². The third kappa shape index (κ3) is 4.29. The Hall–Kier alpha value is -2.42. The molecule has 0 aliphatic carbocycles. The van der Waals surface area contributed by atoms with Gasteiger partial charge in [0.05, 0.1) is 0 Å². The number of carbonyl (C=O) groups excluding carboxylic acids is 2. The van der Waals surface area contributed by atoms with Crippen molar-refractivity contribution in [1.29, 1.82) is 0 Å². The molecular weight excluding hydrogens is 274 g/mol. The maximum atomic E-state index is 12.0. The summed E-state index contributed by atoms with van der Waals surface area (Å²) in [5.41, 5.74) is 3.28. The van der Waals surface area contributed by atoms with Gasteiger partial charge in [-0.1, -0.05) is 61.5 Å². The highest BCUT2D eigenvalue weighted by molar-refractivity contribution is 5.87. The highest BCUT2D eigenvalue weighted by atomic mass is 16.2. The number of hydrogen-bond acceptors (Lipinski definition) is 2. The lowest BCUT2D eigenvalue weighted by Crippen LogP contribution is -2.27. The molecule has 114 valence electrons. The predicted molar refractivity (Wildman–Crippen MR) is 88.4 cm³/mol. The highest BCUT2D eigenvalue weighted by Crippen LogP contribution is 2.19. The third-order valence-corrected chi connectivity index (χ3v) is 3.69. The van der Waals surface area contributed by atoms with Crippen LogP contribution >= 0.6 is 0 Å². The van der Waals surface area contributed by atoms with Crippen LogP contribution in [0.3, 0.4) is 0 Å². The SMILES string of the molecule is CNC(=O)[C@H](C)CC(=O)Cc1ccc(-c2ccccc2)cc1. The summed E-state index contributed by atoms with van der Waals surface area (Å²) in [6, 6.07) is 18.1. The number of benzene rings is 2. The maximum absolute atomic E-state index is 12.0. The van der Waals surface area contributed by atoms with Gasteiger partial charge in [0.1, 0.15) is 5.78 Å². The lowest BCUT2D eigenvalue weighted by Gasteiger charge is -2.09. The Morgan fingerprint density at radius 1 is 0.955 bits per heavy atom. The Bertz CT molecular complexity index is 632. The minimum atomic E-state index is -0.277. The van der Waals surface area contributed by atoms with Gasteiger partial charge in [-0.2, -0.15) is 0 Å². The third-order valence-electron chi connectivity index (χ3n) is 3.69. The van der Waals surface area contributed by atoms with Crippen molar-refractivity contribution in [3.63, 3.8) is 0 Å². The van der Waals surface area contributed by atoms with Crippen LogP contribution in [0.5, 0.6) is 0 Å². The van der Waals surface area contributed by atoms with Crippen LogP contribution in [-0.2, 0) is 16.0 Å². The molecule has 0 heterocycles. The molecule has 0 aromatic heterocycles. The molecule has 3 nitrogen and oxygen atoms in total. The van der Waals surface area contributed by atoms with Gasteiger partial charge < -0.3 is 5.32 Å². The van der Waals surface area contributed by atoms with Crippen molar-refractivity contribution in [3.8, 4) is 11.1 Å². The fourth-order valence-electron chi connectivity index (χ4n) is 2.43. The lowest BCUT2D eigenvalue weighted by molar-refractivity contribution is -0.128. The monoisotopic (exact) mass is 295 g/mol. The summed E-state index contributed by atoms with van der Waals surface area (Å²) in [5.74, 6) is -0.280. The van der Waals surface area contributed by atoms with Gasteiger partial charge in [0, 0.05) is 25.8 Å². The number of hydrogen-bond donors (Lipinski definition) is 1. The fraction of sp³-hybridized carbons (Fsp3) is 0.263. The van der Waals surface area contributed by atoms with Crippen molar-refractivity contribution in [2.75, 3.05) is 7.05 Å². The van der Waals surface area contributed by atoms with Gasteiger partial charge in [-0.05, 0) is 16.7 Å². The summed E-state index contributed by atoms with van der Waals surface area (Å²) in [4.78, 5) is 23.5. The Morgan fingerprint density at radius 3 is 2.14 bits per heavy atom. The Labute approximate surface area is 131 Å². The second kappa shape index (κ2) is 7.55. The van der Waals surface area contributed by atoms with Crippen LogP contribution in [0.15, 0.2) is 54.6 Å². The molecule has 0 unspecified atom stereocenters. The summed E-state index contributed by atoms with van der Waals surface area (Å²) in [6.45, 7) is 1.77. The van der Waals surface area contributed by atoms with Crippen LogP contribution in [0, 0.1) is 5.92 Å². The van der Waals surface area contributed by atoms with E-state index in [4.69, 9.17) is 0 Å². The predicted octanol–water partition coefficient (Wildman–Crippen LogP) is 3.24. The van der Waals surface area contributed by atoms with E-state index in [1.807, 2.05) is 42.5 Å². The second-order valence-electron chi connectivity index (χ2n) is 5.50. The Balaban J connectivity index is 1.97. The summed E-state index contributed by atoms with van der Waals surface area (Å²) < 4.78 is 0. The van der Waals surface area contributed by atoms with E-state index in [2.05, 4.69) is 17.4 Å². The largest absolute Gasteiger partial charge is 0.359 e. The van der Waals surface area contributed by atoms with Crippen molar-refractivity contribution in [1.82, 2.24) is 5.32 Å². The van der Waals surface area contributed by atoms with E-state index in [1.165, 1.54) is 0 Å². The molecule has 2 rings (SSSR count). The van der Waals surface area contributed by atoms with Crippen LogP contribution in [0.2, 0.25) is 0 Å². The van der Waals surface area contributed by atoms with E-state index in [-0.39, 0.29) is 24.0 Å². The van der Waals surface area contributed by atoms with Crippen molar-refractivity contribution in [3.05, 3.63) is 60.2 Å². The zero-order chi connectivity index (χ0) is 15.9. The van der Waals surface area contributed by atoms with E-state index < -0.39 is 0 Å². The van der Waals surface area contributed by atoms with Crippen molar-refractivity contribution < 1.29 is 9.59 Å². The van der Waals surface area contributed by atoms with E-state index in [9.17, 15) is 9.59 Å². The first-order chi connectivity index (χ1) is 10.6. The topological polar surface area (TPSA) is 46.2 Å². The van der Waals surface area contributed by atoms with Gasteiger partial charge in [0.25, 0.3) is 0 Å². The molecule has 2 aromatic carbocycles. The molecule has 3 heteroatoms. The molecule has 0 fully saturated rings. The summed E-state index contributed by atoms with van der Waals surface area (Å²) in [5, 5.41) is 2.57. The smallest absolute Gasteiger partial charge is 0.223 e. The zero-order valence-corrected chi connectivity index (χ0v) is 13.0. The summed E-state index contributed by atoms with van der Waals surface area (Å²) in [7, 11) is 1.59. The molecule has 2 aromatic rings. The average molecular weight is 295 g/mol. The number of carbonyl (C=O) groups is 2. The van der Waals surface area contributed by atoms with Gasteiger partial charge in [0.15, 0.2) is 0 Å². The van der Waals surface area contributed by atoms with E-state index in [0.717, 1.165) is 16.7 Å². The zero-order valence-electron chi connectivity index (χ0n) is 13.0. The number of amides is 1. The number of rotatable bonds is 6. The van der Waals surface area contributed by atoms with Crippen LogP contribution in [-0.4, -0.2) is 18.7 Å². The highest BCUT2D eigenvalue weighted by Gasteiger charge is 2.15. The molecule has 0 aliphatic heterocycles. The molecule has 0 spiro atoms. The molecule has 0 aliphatic rings. The lowest BCUT2D eigenvalue weighted by atomic mass is 9.97. The first-order valence-corrected chi connectivity index (χ1v) is 7.48. The first-order valence-electron chi connectivity index (χ1n) is 7.48. The van der Waals surface area contributed by atoms with Crippen LogP contribution in [0.1, 0.15) is 18.9 Å². The first kappa shape index (κ1) is 16.0. The van der Waals surface area contributed by atoms with Gasteiger partial charge >= 0.3 is 0 Å². The van der Waals surface area contributed by atoms with Crippen LogP contribution in [0.25, 0.3) is 11.1 Å². The number of ketones is 1. The van der Waals surface area contributed by atoms with Gasteiger partial charge in [-0.25, -0.2) is 0 Å². The average Bonchev–Trinajstić information content (AvgIpc) is 2.55. The quantitative estimate of drug-likeness (QED) is 0.889. The van der Waals surface area contributed by atoms with Crippen molar-refractivity contribution >= 4 is 11.7 Å². The number of Topliss-reactive ketones (excluding diaryl/α,β-unsaturated/α-hetero) is 1. The summed E-state index contributed by atoms with van der Waals surface area (Å²) >= 11 is 0. The van der Waals surface area contributed by atoms with E-state index in [0.29, 0.717) is 6.42 Å². The summed E-state index contributed by atoms with van der Waals surface area (Å²) in [6.07, 6.45) is 0.649. The van der Waals surface area contributed by atoms with Crippen molar-refractivity contribution in [2.24, 2.45) is 5.92 Å². The normalized spacial score (nSPS) is 11.7. The molecule has 1 N–H and O–H groups in total. The molecule has 0 radical (unpaired) electrons. The van der Waals surface area contributed by atoms with Crippen LogP contribution < -0.4 is 5.32 Å². The van der Waals surface area contributed by atoms with Crippen molar-refractivity contribution in [2.45, 2.75) is 19.8 Å². The van der Waals surface area contributed by atoms with Crippen LogP contribution in [0.4, 0.5) is 0 Å². The Morgan fingerprint density at radius 2 is 1.55 bits per heavy atom. The fourth-order valence-corrected chi connectivity index (χ4v) is 2.43. The molecule has 1 amide bonds. The molecule has 0 saturated carbocycles. The maximum Gasteiger partial charge on any atom is 0.223 e. The Kier molecular flexibility index (Phi) is 5.48. The number of nitrogens with one attached hydrogen (secondary N) is 1. The molecule has 0 bridgehead atoms. The second-order valence-corrected chi connectivity index (χ2v) is 5.50. The van der Waals surface area contributed by atoms with Gasteiger partial charge in [-0.3, -0.25) is 9.59 Å². The molecule has 22 heavy (non-hydrogen) atoms. The minimum absolute atomic E-state index is 0.0866. The minimum Gasteiger partial charge on any atom is -0.359 e. The molecular formula is C19H21NO2. The van der Waals surface area contributed by atoms with E-state index in [1.54, 1.807) is 14.0 Å².